The molecule has 0 radical (unpaired) electrons. The molecule has 1 aliphatic heterocycles. The molecular weight excluding hydrogens is 246 g/mol. The summed E-state index contributed by atoms with van der Waals surface area (Å²) in [7, 11) is -3.46. The van der Waals surface area contributed by atoms with Gasteiger partial charge in [0.2, 0.25) is 0 Å². The topological polar surface area (TPSA) is 72.9 Å². The molecule has 0 spiro atoms. The van der Waals surface area contributed by atoms with E-state index in [0.29, 0.717) is 19.6 Å². The Hall–Kier alpha value is -0.820. The predicted molar refractivity (Wildman–Crippen MR) is 62.2 cm³/mol. The van der Waals surface area contributed by atoms with Crippen LogP contribution in [0.25, 0.3) is 0 Å². The number of nitrogens with zero attached hydrogens (tertiary/aromatic N) is 1. The van der Waals surface area contributed by atoms with Crippen LogP contribution in [0.3, 0.4) is 0 Å². The van der Waals surface area contributed by atoms with E-state index in [0.717, 1.165) is 19.1 Å². The van der Waals surface area contributed by atoms with Crippen LogP contribution >= 0.6 is 0 Å². The van der Waals surface area contributed by atoms with Crippen molar-refractivity contribution in [2.24, 2.45) is 0 Å². The van der Waals surface area contributed by atoms with E-state index in [2.05, 4.69) is 0 Å². The van der Waals surface area contributed by atoms with Gasteiger partial charge in [0.15, 0.2) is 0 Å². The molecule has 1 fully saturated rings. The summed E-state index contributed by atoms with van der Waals surface area (Å²) < 4.78 is 31.7. The Labute approximate surface area is 102 Å². The van der Waals surface area contributed by atoms with Crippen molar-refractivity contribution in [1.29, 1.82) is 0 Å². The standard InChI is InChI=1S/C10H19NO5S/c1-3-4-7-15-10(12)11-6-5-9(8-11)16-17(2,13)14/h9H,3-8H2,1-2H3. The monoisotopic (exact) mass is 265 g/mol. The van der Waals surface area contributed by atoms with Crippen LogP contribution in [0, 0.1) is 0 Å². The first-order chi connectivity index (χ1) is 7.92. The Kier molecular flexibility index (Phi) is 5.20. The molecule has 6 nitrogen and oxygen atoms in total. The molecule has 0 aliphatic carbocycles. The summed E-state index contributed by atoms with van der Waals surface area (Å²) in [5.41, 5.74) is 0. The quantitative estimate of drug-likeness (QED) is 0.547. The van der Waals surface area contributed by atoms with E-state index in [9.17, 15) is 13.2 Å². The Balaban J connectivity index is 2.32. The van der Waals surface area contributed by atoms with Crippen molar-refractivity contribution in [3.05, 3.63) is 0 Å². The van der Waals surface area contributed by atoms with Crippen LogP contribution in [-0.4, -0.2) is 51.5 Å². The minimum Gasteiger partial charge on any atom is -0.449 e. The van der Waals surface area contributed by atoms with Crippen molar-refractivity contribution in [3.63, 3.8) is 0 Å². The Morgan fingerprint density at radius 2 is 2.18 bits per heavy atom. The lowest BCUT2D eigenvalue weighted by Crippen LogP contribution is -2.31. The maximum Gasteiger partial charge on any atom is 0.409 e. The van der Waals surface area contributed by atoms with Gasteiger partial charge in [-0.3, -0.25) is 4.18 Å². The molecule has 0 N–H and O–H groups in total. The van der Waals surface area contributed by atoms with Gasteiger partial charge in [-0.05, 0) is 12.8 Å². The van der Waals surface area contributed by atoms with Gasteiger partial charge < -0.3 is 9.64 Å². The largest absolute Gasteiger partial charge is 0.449 e. The van der Waals surface area contributed by atoms with Gasteiger partial charge >= 0.3 is 6.09 Å². The van der Waals surface area contributed by atoms with E-state index >= 15 is 0 Å². The summed E-state index contributed by atoms with van der Waals surface area (Å²) in [6.45, 7) is 3.17. The van der Waals surface area contributed by atoms with Crippen LogP contribution in [0.5, 0.6) is 0 Å². The van der Waals surface area contributed by atoms with Crippen molar-refractivity contribution in [2.75, 3.05) is 26.0 Å². The number of amides is 1. The minimum absolute atomic E-state index is 0.276. The molecule has 100 valence electrons. The summed E-state index contributed by atoms with van der Waals surface area (Å²) in [5.74, 6) is 0. The van der Waals surface area contributed by atoms with E-state index in [1.807, 2.05) is 6.92 Å². The molecule has 1 atom stereocenters. The van der Waals surface area contributed by atoms with Crippen molar-refractivity contribution in [1.82, 2.24) is 4.90 Å². The molecule has 0 aromatic carbocycles. The number of carbonyl (C=O) groups is 1. The average Bonchev–Trinajstić information content (AvgIpc) is 2.64. The Bertz CT molecular complexity index is 354. The molecule has 0 aromatic rings. The molecule has 17 heavy (non-hydrogen) atoms. The maximum atomic E-state index is 11.5. The molecule has 0 aromatic heterocycles. The minimum atomic E-state index is -3.46. The van der Waals surface area contributed by atoms with Crippen LogP contribution < -0.4 is 0 Å². The van der Waals surface area contributed by atoms with E-state index in [4.69, 9.17) is 8.92 Å². The van der Waals surface area contributed by atoms with E-state index in [1.54, 1.807) is 0 Å². The number of hydrogen-bond donors (Lipinski definition) is 0. The fourth-order valence-corrected chi connectivity index (χ4v) is 2.27. The Morgan fingerprint density at radius 3 is 2.76 bits per heavy atom. The second kappa shape index (κ2) is 6.20. The lowest BCUT2D eigenvalue weighted by Gasteiger charge is -2.15. The highest BCUT2D eigenvalue weighted by Crippen LogP contribution is 2.15. The highest BCUT2D eigenvalue weighted by atomic mass is 32.2. The number of rotatable bonds is 5. The van der Waals surface area contributed by atoms with Crippen molar-refractivity contribution < 1.29 is 22.1 Å². The number of likely N-dealkylation sites (tertiary alicyclic amines) is 1. The second-order valence-corrected chi connectivity index (χ2v) is 5.73. The zero-order valence-electron chi connectivity index (χ0n) is 10.2. The van der Waals surface area contributed by atoms with Crippen molar-refractivity contribution in [3.8, 4) is 0 Å². The van der Waals surface area contributed by atoms with Gasteiger partial charge in [-0.15, -0.1) is 0 Å². The van der Waals surface area contributed by atoms with Crippen LogP contribution in [0.1, 0.15) is 26.2 Å². The smallest absolute Gasteiger partial charge is 0.409 e. The van der Waals surface area contributed by atoms with Gasteiger partial charge in [0.05, 0.1) is 25.5 Å². The van der Waals surface area contributed by atoms with E-state index in [1.165, 1.54) is 4.90 Å². The predicted octanol–water partition coefficient (Wildman–Crippen LogP) is 0.974. The van der Waals surface area contributed by atoms with Crippen LogP contribution in [-0.2, 0) is 19.0 Å². The van der Waals surface area contributed by atoms with Gasteiger partial charge in [0.25, 0.3) is 10.1 Å². The summed E-state index contributed by atoms with van der Waals surface area (Å²) >= 11 is 0. The number of ether oxygens (including phenoxy) is 1. The average molecular weight is 265 g/mol. The zero-order valence-corrected chi connectivity index (χ0v) is 11.0. The molecule has 1 amide bonds. The third-order valence-electron chi connectivity index (χ3n) is 2.44. The van der Waals surface area contributed by atoms with Gasteiger partial charge in [-0.1, -0.05) is 13.3 Å². The maximum absolute atomic E-state index is 11.5. The van der Waals surface area contributed by atoms with Crippen LogP contribution in [0.4, 0.5) is 4.79 Å². The van der Waals surface area contributed by atoms with Gasteiger partial charge in [-0.25, -0.2) is 4.79 Å². The molecule has 1 unspecified atom stereocenters. The molecule has 7 heteroatoms. The molecule has 0 saturated carbocycles. The molecule has 0 bridgehead atoms. The van der Waals surface area contributed by atoms with E-state index in [-0.39, 0.29) is 6.54 Å². The highest BCUT2D eigenvalue weighted by molar-refractivity contribution is 7.86. The van der Waals surface area contributed by atoms with Crippen LogP contribution in [0.15, 0.2) is 0 Å². The number of carbonyl (C=O) groups excluding carboxylic acids is 1. The zero-order chi connectivity index (χ0) is 12.9. The second-order valence-electron chi connectivity index (χ2n) is 4.12. The first-order valence-electron chi connectivity index (χ1n) is 5.72. The highest BCUT2D eigenvalue weighted by Gasteiger charge is 2.29. The molecular formula is C10H19NO5S. The summed E-state index contributed by atoms with van der Waals surface area (Å²) in [5, 5.41) is 0. The van der Waals surface area contributed by atoms with Gasteiger partial charge in [0.1, 0.15) is 0 Å². The fourth-order valence-electron chi connectivity index (χ4n) is 1.61. The SMILES string of the molecule is CCCCOC(=O)N1CCC(OS(C)(=O)=O)C1. The summed E-state index contributed by atoms with van der Waals surface area (Å²) in [6, 6.07) is 0. The van der Waals surface area contributed by atoms with Crippen molar-refractivity contribution in [2.45, 2.75) is 32.3 Å². The lowest BCUT2D eigenvalue weighted by molar-refractivity contribution is 0.104. The first-order valence-corrected chi connectivity index (χ1v) is 7.54. The molecule has 1 rings (SSSR count). The first kappa shape index (κ1) is 14.2. The molecule has 1 heterocycles. The summed E-state index contributed by atoms with van der Waals surface area (Å²) in [6.07, 6.45) is 2.50. The third-order valence-corrected chi connectivity index (χ3v) is 3.06. The Morgan fingerprint density at radius 1 is 1.47 bits per heavy atom. The lowest BCUT2D eigenvalue weighted by atomic mass is 10.3. The normalized spacial score (nSPS) is 20.6. The third kappa shape index (κ3) is 5.36. The van der Waals surface area contributed by atoms with Gasteiger partial charge in [0, 0.05) is 6.54 Å². The van der Waals surface area contributed by atoms with Crippen LogP contribution in [0.2, 0.25) is 0 Å². The van der Waals surface area contributed by atoms with Gasteiger partial charge in [-0.2, -0.15) is 8.42 Å². The van der Waals surface area contributed by atoms with Crippen molar-refractivity contribution >= 4 is 16.2 Å². The number of unbranched alkanes of at least 4 members (excludes halogenated alkanes) is 1. The number of hydrogen-bond acceptors (Lipinski definition) is 5. The fraction of sp³-hybridized carbons (Fsp3) is 0.900. The van der Waals surface area contributed by atoms with E-state index < -0.39 is 22.3 Å². The molecule has 1 aliphatic rings. The molecule has 1 saturated heterocycles. The summed E-state index contributed by atoms with van der Waals surface area (Å²) in [4.78, 5) is 13.0.